The average Bonchev–Trinajstić information content (AvgIpc) is 2.79. The summed E-state index contributed by atoms with van der Waals surface area (Å²) < 4.78 is 1.89. The van der Waals surface area contributed by atoms with Crippen molar-refractivity contribution in [3.05, 3.63) is 40.7 Å². The molecular weight excluding hydrogens is 284 g/mol. The minimum absolute atomic E-state index is 0.0208. The number of nitrogens with zero attached hydrogens (tertiary/aromatic N) is 4. The van der Waals surface area contributed by atoms with E-state index >= 15 is 0 Å². The number of nitrogens with two attached hydrogens (primary N) is 1. The van der Waals surface area contributed by atoms with E-state index in [0.29, 0.717) is 6.54 Å². The number of aromatic nitrogens is 4. The molecule has 2 aromatic heterocycles. The summed E-state index contributed by atoms with van der Waals surface area (Å²) in [5.41, 5.74) is 8.11. The van der Waals surface area contributed by atoms with Crippen molar-refractivity contribution in [3.8, 4) is 0 Å². The molecule has 0 bridgehead atoms. The van der Waals surface area contributed by atoms with Crippen LogP contribution in [0.5, 0.6) is 0 Å². The van der Waals surface area contributed by atoms with Crippen LogP contribution in [0, 0.1) is 13.8 Å². The largest absolute Gasteiger partial charge is 0.364 e. The van der Waals surface area contributed by atoms with E-state index in [1.165, 1.54) is 12.4 Å². The number of amides is 2. The van der Waals surface area contributed by atoms with Gasteiger partial charge in [0, 0.05) is 24.3 Å². The van der Waals surface area contributed by atoms with Gasteiger partial charge in [0.2, 0.25) is 0 Å². The Morgan fingerprint density at radius 3 is 2.36 bits per heavy atom. The minimum atomic E-state index is -0.683. The molecule has 116 valence electrons. The highest BCUT2D eigenvalue weighted by Crippen LogP contribution is 2.12. The predicted molar refractivity (Wildman–Crippen MR) is 79.1 cm³/mol. The van der Waals surface area contributed by atoms with Crippen molar-refractivity contribution in [2.24, 2.45) is 5.73 Å². The SMILES string of the molecule is CCn1nc(C)c(CNC(=O)c2cnc(C(N)=O)cn2)c1C. The van der Waals surface area contributed by atoms with E-state index in [9.17, 15) is 9.59 Å². The molecule has 0 aromatic carbocycles. The molecule has 8 heteroatoms. The lowest BCUT2D eigenvalue weighted by Gasteiger charge is -2.06. The highest BCUT2D eigenvalue weighted by atomic mass is 16.2. The molecule has 0 fully saturated rings. The van der Waals surface area contributed by atoms with E-state index in [4.69, 9.17) is 5.73 Å². The second-order valence-corrected chi connectivity index (χ2v) is 4.80. The highest BCUT2D eigenvalue weighted by Gasteiger charge is 2.14. The molecule has 0 aliphatic heterocycles. The van der Waals surface area contributed by atoms with Gasteiger partial charge >= 0.3 is 0 Å². The molecule has 0 saturated heterocycles. The molecule has 0 saturated carbocycles. The Morgan fingerprint density at radius 2 is 1.86 bits per heavy atom. The molecule has 0 atom stereocenters. The Kier molecular flexibility index (Phi) is 4.50. The molecule has 22 heavy (non-hydrogen) atoms. The van der Waals surface area contributed by atoms with Gasteiger partial charge < -0.3 is 11.1 Å². The van der Waals surface area contributed by atoms with E-state index < -0.39 is 5.91 Å². The molecule has 2 amide bonds. The number of rotatable bonds is 5. The van der Waals surface area contributed by atoms with Gasteiger partial charge in [-0.05, 0) is 20.8 Å². The number of aryl methyl sites for hydroxylation is 2. The fraction of sp³-hybridized carbons (Fsp3) is 0.357. The number of hydrogen-bond acceptors (Lipinski definition) is 5. The van der Waals surface area contributed by atoms with Crippen LogP contribution in [0.25, 0.3) is 0 Å². The van der Waals surface area contributed by atoms with Crippen LogP contribution in [0.4, 0.5) is 0 Å². The van der Waals surface area contributed by atoms with Gasteiger partial charge in [-0.1, -0.05) is 0 Å². The van der Waals surface area contributed by atoms with Crippen molar-refractivity contribution in [2.75, 3.05) is 0 Å². The Bertz CT molecular complexity index is 705. The molecule has 2 rings (SSSR count). The second-order valence-electron chi connectivity index (χ2n) is 4.80. The van der Waals surface area contributed by atoms with E-state index in [1.54, 1.807) is 0 Å². The monoisotopic (exact) mass is 302 g/mol. The van der Waals surface area contributed by atoms with Crippen molar-refractivity contribution in [1.29, 1.82) is 0 Å². The topological polar surface area (TPSA) is 116 Å². The smallest absolute Gasteiger partial charge is 0.271 e. The predicted octanol–water partition coefficient (Wildman–Crippen LogP) is 0.339. The quantitative estimate of drug-likeness (QED) is 0.826. The molecule has 8 nitrogen and oxygen atoms in total. The van der Waals surface area contributed by atoms with E-state index in [0.717, 1.165) is 23.5 Å². The molecule has 2 aromatic rings. The lowest BCUT2D eigenvalue weighted by Crippen LogP contribution is -2.25. The standard InChI is InChI=1S/C14H18N6O2/c1-4-20-9(3)10(8(2)19-20)5-18-14(22)12-7-16-11(6-17-12)13(15)21/h6-7H,4-5H2,1-3H3,(H2,15,21)(H,18,22). The maximum absolute atomic E-state index is 12.0. The van der Waals surface area contributed by atoms with Crippen molar-refractivity contribution >= 4 is 11.8 Å². The summed E-state index contributed by atoms with van der Waals surface area (Å²) in [6, 6.07) is 0. The Hall–Kier alpha value is -2.77. The van der Waals surface area contributed by atoms with Gasteiger partial charge in [-0.2, -0.15) is 5.10 Å². The Balaban J connectivity index is 2.07. The van der Waals surface area contributed by atoms with Crippen LogP contribution in [0.2, 0.25) is 0 Å². The molecule has 0 radical (unpaired) electrons. The number of nitrogens with one attached hydrogen (secondary N) is 1. The van der Waals surface area contributed by atoms with Crippen molar-refractivity contribution in [1.82, 2.24) is 25.1 Å². The maximum Gasteiger partial charge on any atom is 0.271 e. The van der Waals surface area contributed by atoms with Crippen LogP contribution in [0.15, 0.2) is 12.4 Å². The number of primary amides is 1. The first-order valence-corrected chi connectivity index (χ1v) is 6.87. The summed E-state index contributed by atoms with van der Waals surface area (Å²) in [5.74, 6) is -1.05. The zero-order chi connectivity index (χ0) is 16.3. The van der Waals surface area contributed by atoms with E-state index in [-0.39, 0.29) is 17.3 Å². The molecule has 0 unspecified atom stereocenters. The summed E-state index contributed by atoms with van der Waals surface area (Å²) in [5, 5.41) is 7.17. The molecule has 2 heterocycles. The molecule has 3 N–H and O–H groups in total. The van der Waals surface area contributed by atoms with Crippen LogP contribution in [0.3, 0.4) is 0 Å². The highest BCUT2D eigenvalue weighted by molar-refractivity contribution is 5.93. The number of carbonyl (C=O) groups excluding carboxylic acids is 2. The van der Waals surface area contributed by atoms with E-state index in [2.05, 4.69) is 20.4 Å². The maximum atomic E-state index is 12.0. The van der Waals surface area contributed by atoms with Gasteiger partial charge in [0.15, 0.2) is 0 Å². The zero-order valence-corrected chi connectivity index (χ0v) is 12.8. The van der Waals surface area contributed by atoms with Crippen LogP contribution < -0.4 is 11.1 Å². The van der Waals surface area contributed by atoms with Crippen LogP contribution in [-0.4, -0.2) is 31.6 Å². The fourth-order valence-electron chi connectivity index (χ4n) is 2.13. The average molecular weight is 302 g/mol. The van der Waals surface area contributed by atoms with Gasteiger partial charge in [-0.3, -0.25) is 14.3 Å². The third-order valence-corrected chi connectivity index (χ3v) is 3.39. The molecule has 0 aliphatic carbocycles. The van der Waals surface area contributed by atoms with Crippen LogP contribution >= 0.6 is 0 Å². The summed E-state index contributed by atoms with van der Waals surface area (Å²) in [4.78, 5) is 30.6. The van der Waals surface area contributed by atoms with E-state index in [1.807, 2.05) is 25.5 Å². The first-order chi connectivity index (χ1) is 10.4. The van der Waals surface area contributed by atoms with Gasteiger partial charge in [0.25, 0.3) is 11.8 Å². The van der Waals surface area contributed by atoms with Gasteiger partial charge in [0.1, 0.15) is 11.4 Å². The van der Waals surface area contributed by atoms with Crippen molar-refractivity contribution < 1.29 is 9.59 Å². The number of hydrogen-bond donors (Lipinski definition) is 2. The second kappa shape index (κ2) is 6.33. The summed E-state index contributed by atoms with van der Waals surface area (Å²) in [6.07, 6.45) is 2.41. The lowest BCUT2D eigenvalue weighted by atomic mass is 10.2. The Labute approximate surface area is 127 Å². The van der Waals surface area contributed by atoms with Gasteiger partial charge in [-0.25, -0.2) is 9.97 Å². The number of carbonyl (C=O) groups is 2. The molecular formula is C14H18N6O2. The van der Waals surface area contributed by atoms with Crippen LogP contribution in [0.1, 0.15) is 44.9 Å². The van der Waals surface area contributed by atoms with Crippen molar-refractivity contribution in [3.63, 3.8) is 0 Å². The van der Waals surface area contributed by atoms with Crippen LogP contribution in [-0.2, 0) is 13.1 Å². The Morgan fingerprint density at radius 1 is 1.23 bits per heavy atom. The molecule has 0 spiro atoms. The summed E-state index contributed by atoms with van der Waals surface area (Å²) in [6.45, 7) is 7.02. The zero-order valence-electron chi connectivity index (χ0n) is 12.8. The minimum Gasteiger partial charge on any atom is -0.364 e. The summed E-state index contributed by atoms with van der Waals surface area (Å²) >= 11 is 0. The summed E-state index contributed by atoms with van der Waals surface area (Å²) in [7, 11) is 0. The third kappa shape index (κ3) is 3.11. The fourth-order valence-corrected chi connectivity index (χ4v) is 2.13. The molecule has 0 aliphatic rings. The lowest BCUT2D eigenvalue weighted by molar-refractivity contribution is 0.0941. The van der Waals surface area contributed by atoms with Gasteiger partial charge in [0.05, 0.1) is 18.1 Å². The third-order valence-electron chi connectivity index (χ3n) is 3.39. The first kappa shape index (κ1) is 15.6. The van der Waals surface area contributed by atoms with Gasteiger partial charge in [-0.15, -0.1) is 0 Å². The normalized spacial score (nSPS) is 10.5. The first-order valence-electron chi connectivity index (χ1n) is 6.87. The van der Waals surface area contributed by atoms with Crippen molar-refractivity contribution in [2.45, 2.75) is 33.9 Å².